The minimum absolute atomic E-state index is 0. The molecule has 0 spiro atoms. The molecule has 24 heavy (non-hydrogen) atoms. The van der Waals surface area contributed by atoms with Gasteiger partial charge in [0.25, 0.3) is 0 Å². The van der Waals surface area contributed by atoms with Crippen molar-refractivity contribution in [1.82, 2.24) is 4.90 Å². The molecule has 1 atom stereocenters. The summed E-state index contributed by atoms with van der Waals surface area (Å²) in [7, 11) is 0. The van der Waals surface area contributed by atoms with Crippen LogP contribution in [-0.2, 0) is 0 Å². The van der Waals surface area contributed by atoms with Crippen molar-refractivity contribution < 1.29 is 17.9 Å². The standard InChI is InChI=1S/C15H23F3N4O.HI/c1-4-22(5-2)11(3)10-20-14(19)21-12-6-8-13(9-7-12)23-15(16,17)18;/h6-9,11H,4-5,10H2,1-3H3,(H3,19,20,21);1H. The normalized spacial score (nSPS) is 13.4. The van der Waals surface area contributed by atoms with Crippen LogP contribution in [0.5, 0.6) is 5.75 Å². The Balaban J connectivity index is 0.00000529. The van der Waals surface area contributed by atoms with Gasteiger partial charge in [0, 0.05) is 11.7 Å². The Bertz CT molecular complexity index is 504. The zero-order valence-electron chi connectivity index (χ0n) is 13.9. The largest absolute Gasteiger partial charge is 0.573 e. The number of anilines is 1. The second kappa shape index (κ2) is 10.6. The van der Waals surface area contributed by atoms with Crippen LogP contribution in [0.1, 0.15) is 20.8 Å². The van der Waals surface area contributed by atoms with Crippen molar-refractivity contribution in [3.63, 3.8) is 0 Å². The third-order valence-electron chi connectivity index (χ3n) is 3.32. The molecule has 138 valence electrons. The van der Waals surface area contributed by atoms with Crippen molar-refractivity contribution in [3.8, 4) is 5.75 Å². The van der Waals surface area contributed by atoms with Gasteiger partial charge in [-0.05, 0) is 44.3 Å². The highest BCUT2D eigenvalue weighted by Crippen LogP contribution is 2.23. The summed E-state index contributed by atoms with van der Waals surface area (Å²) < 4.78 is 40.0. The summed E-state index contributed by atoms with van der Waals surface area (Å²) in [6.45, 7) is 8.62. The maximum absolute atomic E-state index is 12.1. The number of nitrogens with zero attached hydrogens (tertiary/aromatic N) is 2. The summed E-state index contributed by atoms with van der Waals surface area (Å²) >= 11 is 0. The van der Waals surface area contributed by atoms with E-state index in [0.717, 1.165) is 13.1 Å². The van der Waals surface area contributed by atoms with E-state index in [0.29, 0.717) is 12.2 Å². The highest BCUT2D eigenvalue weighted by molar-refractivity contribution is 14.0. The summed E-state index contributed by atoms with van der Waals surface area (Å²) in [4.78, 5) is 6.50. The zero-order valence-corrected chi connectivity index (χ0v) is 16.3. The maximum Gasteiger partial charge on any atom is 0.573 e. The molecule has 5 nitrogen and oxygen atoms in total. The number of likely N-dealkylation sites (N-methyl/N-ethyl adjacent to an activating group) is 1. The Morgan fingerprint density at radius 2 is 1.79 bits per heavy atom. The number of halogens is 4. The summed E-state index contributed by atoms with van der Waals surface area (Å²) in [5, 5.41) is 2.83. The molecule has 1 aromatic rings. The van der Waals surface area contributed by atoms with E-state index >= 15 is 0 Å². The topological polar surface area (TPSA) is 62.9 Å². The van der Waals surface area contributed by atoms with E-state index in [1.807, 2.05) is 0 Å². The number of nitrogens with one attached hydrogen (secondary N) is 1. The van der Waals surface area contributed by atoms with E-state index in [2.05, 4.69) is 40.7 Å². The summed E-state index contributed by atoms with van der Waals surface area (Å²) in [5.74, 6) is -0.0674. The quantitative estimate of drug-likeness (QED) is 0.371. The molecular formula is C15H24F3IN4O. The lowest BCUT2D eigenvalue weighted by molar-refractivity contribution is -0.274. The molecule has 1 rings (SSSR count). The monoisotopic (exact) mass is 460 g/mol. The van der Waals surface area contributed by atoms with Crippen molar-refractivity contribution in [2.45, 2.75) is 33.2 Å². The van der Waals surface area contributed by atoms with Gasteiger partial charge in [-0.15, -0.1) is 37.1 Å². The molecule has 3 N–H and O–H groups in total. The molecule has 1 aromatic carbocycles. The van der Waals surface area contributed by atoms with Gasteiger partial charge in [0.15, 0.2) is 5.96 Å². The summed E-state index contributed by atoms with van der Waals surface area (Å²) in [5.41, 5.74) is 6.32. The van der Waals surface area contributed by atoms with Crippen LogP contribution in [0.4, 0.5) is 18.9 Å². The van der Waals surface area contributed by atoms with Crippen molar-refractivity contribution in [3.05, 3.63) is 24.3 Å². The molecule has 0 aliphatic carbocycles. The Hall–Kier alpha value is -1.23. The highest BCUT2D eigenvalue weighted by atomic mass is 127. The molecule has 0 heterocycles. The Kier molecular flexibility index (Phi) is 10.1. The van der Waals surface area contributed by atoms with Gasteiger partial charge in [0.05, 0.1) is 6.54 Å². The number of alkyl halides is 3. The molecule has 1 unspecified atom stereocenters. The molecule has 0 saturated heterocycles. The molecule has 0 bridgehead atoms. The number of aliphatic imine (C=N–C) groups is 1. The number of hydrogen-bond donors (Lipinski definition) is 2. The lowest BCUT2D eigenvalue weighted by atomic mass is 10.3. The van der Waals surface area contributed by atoms with E-state index in [4.69, 9.17) is 5.73 Å². The first-order valence-corrected chi connectivity index (χ1v) is 7.42. The van der Waals surface area contributed by atoms with Gasteiger partial charge in [-0.25, -0.2) is 0 Å². The summed E-state index contributed by atoms with van der Waals surface area (Å²) in [6.07, 6.45) is -4.70. The van der Waals surface area contributed by atoms with Crippen LogP contribution >= 0.6 is 24.0 Å². The van der Waals surface area contributed by atoms with E-state index < -0.39 is 6.36 Å². The van der Waals surface area contributed by atoms with Crippen molar-refractivity contribution in [1.29, 1.82) is 0 Å². The Labute approximate surface area is 157 Å². The molecule has 0 amide bonds. The third-order valence-corrected chi connectivity index (χ3v) is 3.32. The predicted octanol–water partition coefficient (Wildman–Crippen LogP) is 3.66. The fourth-order valence-electron chi connectivity index (χ4n) is 2.12. The van der Waals surface area contributed by atoms with Gasteiger partial charge >= 0.3 is 6.36 Å². The average Bonchev–Trinajstić information content (AvgIpc) is 2.47. The average molecular weight is 460 g/mol. The fourth-order valence-corrected chi connectivity index (χ4v) is 2.12. The fraction of sp³-hybridized carbons (Fsp3) is 0.533. The van der Waals surface area contributed by atoms with Gasteiger partial charge in [0.1, 0.15) is 5.75 Å². The second-order valence-electron chi connectivity index (χ2n) is 4.99. The molecule has 0 radical (unpaired) electrons. The van der Waals surface area contributed by atoms with Gasteiger partial charge in [-0.2, -0.15) is 0 Å². The lowest BCUT2D eigenvalue weighted by Gasteiger charge is -2.24. The number of rotatable bonds is 7. The SMILES string of the molecule is CCN(CC)C(C)CN=C(N)Nc1ccc(OC(F)(F)F)cc1.I. The molecule has 9 heteroatoms. The zero-order chi connectivity index (χ0) is 17.5. The molecule has 0 aliphatic rings. The van der Waals surface area contributed by atoms with E-state index in [9.17, 15) is 13.2 Å². The number of nitrogens with two attached hydrogens (primary N) is 1. The number of guanidine groups is 1. The first kappa shape index (κ1) is 22.8. The summed E-state index contributed by atoms with van der Waals surface area (Å²) in [6, 6.07) is 5.56. The van der Waals surface area contributed by atoms with Crippen LogP contribution in [0.2, 0.25) is 0 Å². The third kappa shape index (κ3) is 8.57. The molecular weight excluding hydrogens is 436 g/mol. The van der Waals surface area contributed by atoms with E-state index in [-0.39, 0.29) is 41.7 Å². The van der Waals surface area contributed by atoms with Gasteiger partial charge in [0.2, 0.25) is 0 Å². The molecule has 0 aromatic heterocycles. The minimum Gasteiger partial charge on any atom is -0.406 e. The van der Waals surface area contributed by atoms with Gasteiger partial charge in [-0.1, -0.05) is 13.8 Å². The van der Waals surface area contributed by atoms with Crippen molar-refractivity contribution in [2.24, 2.45) is 10.7 Å². The van der Waals surface area contributed by atoms with Crippen molar-refractivity contribution >= 4 is 35.6 Å². The van der Waals surface area contributed by atoms with Crippen LogP contribution in [0, 0.1) is 0 Å². The van der Waals surface area contributed by atoms with Crippen LogP contribution in [-0.4, -0.2) is 42.9 Å². The number of hydrogen-bond acceptors (Lipinski definition) is 3. The molecule has 0 fully saturated rings. The predicted molar refractivity (Wildman–Crippen MR) is 101 cm³/mol. The number of benzene rings is 1. The van der Waals surface area contributed by atoms with Crippen LogP contribution in [0.3, 0.4) is 0 Å². The molecule has 0 saturated carbocycles. The van der Waals surface area contributed by atoms with Gasteiger partial charge in [-0.3, -0.25) is 9.89 Å². The Morgan fingerprint density at radius 1 is 1.25 bits per heavy atom. The van der Waals surface area contributed by atoms with Crippen LogP contribution in [0.25, 0.3) is 0 Å². The van der Waals surface area contributed by atoms with Crippen LogP contribution < -0.4 is 15.8 Å². The first-order valence-electron chi connectivity index (χ1n) is 7.42. The van der Waals surface area contributed by atoms with Crippen LogP contribution in [0.15, 0.2) is 29.3 Å². The lowest BCUT2D eigenvalue weighted by Crippen LogP contribution is -2.36. The molecule has 0 aliphatic heterocycles. The maximum atomic E-state index is 12.1. The first-order chi connectivity index (χ1) is 10.7. The van der Waals surface area contributed by atoms with Gasteiger partial charge < -0.3 is 15.8 Å². The minimum atomic E-state index is -4.70. The smallest absolute Gasteiger partial charge is 0.406 e. The van der Waals surface area contributed by atoms with E-state index in [1.165, 1.54) is 24.3 Å². The Morgan fingerprint density at radius 3 is 2.25 bits per heavy atom. The highest BCUT2D eigenvalue weighted by Gasteiger charge is 2.30. The van der Waals surface area contributed by atoms with Crippen molar-refractivity contribution in [2.75, 3.05) is 25.0 Å². The second-order valence-corrected chi connectivity index (χ2v) is 4.99. The number of ether oxygens (including phenoxy) is 1. The van der Waals surface area contributed by atoms with E-state index in [1.54, 1.807) is 0 Å².